The molecule has 1 amide bonds. The van der Waals surface area contributed by atoms with Crippen molar-refractivity contribution in [3.05, 3.63) is 45.1 Å². The molecule has 0 unspecified atom stereocenters. The molecular formula is C21H21N3O4S2. The van der Waals surface area contributed by atoms with Crippen LogP contribution in [0.4, 0.5) is 5.69 Å². The molecule has 0 atom stereocenters. The molecular weight excluding hydrogens is 422 g/mol. The summed E-state index contributed by atoms with van der Waals surface area (Å²) in [5, 5.41) is 5.66. The van der Waals surface area contributed by atoms with Crippen LogP contribution in [-0.4, -0.2) is 28.5 Å². The molecule has 0 aromatic carbocycles. The lowest BCUT2D eigenvalue weighted by Crippen LogP contribution is -2.16. The van der Waals surface area contributed by atoms with Gasteiger partial charge in [-0.25, -0.2) is 9.78 Å². The number of esters is 1. The molecule has 0 bridgehead atoms. The van der Waals surface area contributed by atoms with Gasteiger partial charge in [-0.3, -0.25) is 4.79 Å². The summed E-state index contributed by atoms with van der Waals surface area (Å²) < 4.78 is 12.8. The van der Waals surface area contributed by atoms with E-state index in [0.29, 0.717) is 29.6 Å². The van der Waals surface area contributed by atoms with E-state index in [4.69, 9.17) is 9.15 Å². The van der Waals surface area contributed by atoms with Crippen molar-refractivity contribution in [2.24, 2.45) is 0 Å². The number of fused-ring (bicyclic) bond motifs is 1. The summed E-state index contributed by atoms with van der Waals surface area (Å²) >= 11 is 3.12. The number of thiophene rings is 2. The quantitative estimate of drug-likeness (QED) is 0.432. The third-order valence-electron chi connectivity index (χ3n) is 4.98. The Balaban J connectivity index is 1.91. The molecule has 0 fully saturated rings. The Morgan fingerprint density at radius 2 is 2.07 bits per heavy atom. The Kier molecular flexibility index (Phi) is 5.25. The maximum absolute atomic E-state index is 12.7. The van der Waals surface area contributed by atoms with Crippen molar-refractivity contribution in [1.29, 1.82) is 0 Å². The van der Waals surface area contributed by atoms with Gasteiger partial charge in [0.2, 0.25) is 11.8 Å². The topological polar surface area (TPSA) is 86.4 Å². The van der Waals surface area contributed by atoms with Crippen LogP contribution in [0.3, 0.4) is 0 Å². The highest BCUT2D eigenvalue weighted by Crippen LogP contribution is 2.41. The zero-order valence-corrected chi connectivity index (χ0v) is 18.9. The average molecular weight is 444 g/mol. The summed E-state index contributed by atoms with van der Waals surface area (Å²) in [5.74, 6) is 0.474. The Morgan fingerprint density at radius 1 is 1.30 bits per heavy atom. The maximum Gasteiger partial charge on any atom is 0.356 e. The van der Waals surface area contributed by atoms with Crippen molar-refractivity contribution in [1.82, 2.24) is 9.55 Å². The smallest absolute Gasteiger partial charge is 0.356 e. The van der Waals surface area contributed by atoms with Crippen molar-refractivity contribution in [2.75, 3.05) is 12.4 Å². The van der Waals surface area contributed by atoms with Crippen LogP contribution in [0.25, 0.3) is 21.0 Å². The van der Waals surface area contributed by atoms with Crippen molar-refractivity contribution >= 4 is 50.5 Å². The molecule has 156 valence electrons. The summed E-state index contributed by atoms with van der Waals surface area (Å²) in [4.78, 5) is 32.2. The van der Waals surface area contributed by atoms with Crippen LogP contribution in [0, 0.1) is 20.8 Å². The van der Waals surface area contributed by atoms with E-state index in [0.717, 1.165) is 31.2 Å². The highest BCUT2D eigenvalue weighted by molar-refractivity contribution is 7.19. The Hall–Kier alpha value is -2.91. The molecule has 0 saturated carbocycles. The third kappa shape index (κ3) is 3.33. The highest BCUT2D eigenvalue weighted by Gasteiger charge is 2.28. The molecule has 0 radical (unpaired) electrons. The Morgan fingerprint density at radius 3 is 2.70 bits per heavy atom. The van der Waals surface area contributed by atoms with E-state index in [2.05, 4.69) is 10.3 Å². The summed E-state index contributed by atoms with van der Waals surface area (Å²) in [7, 11) is 1.33. The number of aryl methyl sites for hydroxylation is 3. The minimum absolute atomic E-state index is 0.250. The third-order valence-corrected chi connectivity index (χ3v) is 7.07. The first-order valence-corrected chi connectivity index (χ1v) is 11.0. The summed E-state index contributed by atoms with van der Waals surface area (Å²) in [6.45, 7) is 7.61. The van der Waals surface area contributed by atoms with Crippen molar-refractivity contribution in [3.63, 3.8) is 0 Å². The lowest BCUT2D eigenvalue weighted by Gasteiger charge is -2.10. The molecule has 7 nitrogen and oxygen atoms in total. The summed E-state index contributed by atoms with van der Waals surface area (Å²) in [6, 6.07) is 3.90. The fraction of sp³-hybridized carbons (Fsp3) is 0.286. The number of amides is 1. The number of ether oxygens (including phenoxy) is 1. The zero-order valence-electron chi connectivity index (χ0n) is 17.3. The van der Waals surface area contributed by atoms with Gasteiger partial charge in [-0.1, -0.05) is 6.07 Å². The first kappa shape index (κ1) is 20.4. The van der Waals surface area contributed by atoms with Gasteiger partial charge in [0.05, 0.1) is 24.2 Å². The number of methoxy groups -OCH3 is 1. The first-order valence-electron chi connectivity index (χ1n) is 9.30. The predicted molar refractivity (Wildman–Crippen MR) is 119 cm³/mol. The predicted octanol–water partition coefficient (Wildman–Crippen LogP) is 5.14. The average Bonchev–Trinajstić information content (AvgIpc) is 3.45. The molecule has 4 aromatic rings. The summed E-state index contributed by atoms with van der Waals surface area (Å²) in [5.41, 5.74) is 2.53. The summed E-state index contributed by atoms with van der Waals surface area (Å²) in [6.07, 6.45) is 0. The van der Waals surface area contributed by atoms with Crippen LogP contribution in [0.2, 0.25) is 0 Å². The van der Waals surface area contributed by atoms with Gasteiger partial charge in [-0.2, -0.15) is 0 Å². The molecule has 30 heavy (non-hydrogen) atoms. The van der Waals surface area contributed by atoms with Crippen molar-refractivity contribution in [2.45, 2.75) is 34.2 Å². The van der Waals surface area contributed by atoms with E-state index in [9.17, 15) is 9.59 Å². The second kappa shape index (κ2) is 7.73. The number of rotatable bonds is 5. The zero-order chi connectivity index (χ0) is 21.6. The van der Waals surface area contributed by atoms with E-state index in [-0.39, 0.29) is 5.91 Å². The standard InChI is InChI=1S/C21H21N3O4S2/c1-10-12(3)30-20-16(10)17(22-13(4)25)18(21(26)27-5)24(20)9-14-11(2)28-19(23-14)15-7-6-8-29-15/h6-8H,9H2,1-5H3,(H,22,25). The molecule has 0 aliphatic carbocycles. The van der Waals surface area contributed by atoms with Crippen LogP contribution in [-0.2, 0) is 16.1 Å². The van der Waals surface area contributed by atoms with Crippen LogP contribution < -0.4 is 5.32 Å². The van der Waals surface area contributed by atoms with Gasteiger partial charge in [0, 0.05) is 17.2 Å². The van der Waals surface area contributed by atoms with Crippen LogP contribution in [0.15, 0.2) is 21.9 Å². The van der Waals surface area contributed by atoms with E-state index in [1.807, 2.05) is 42.9 Å². The molecule has 0 spiro atoms. The van der Waals surface area contributed by atoms with Gasteiger partial charge in [-0.05, 0) is 37.8 Å². The monoisotopic (exact) mass is 443 g/mol. The largest absolute Gasteiger partial charge is 0.464 e. The fourth-order valence-electron chi connectivity index (χ4n) is 3.44. The number of carbonyl (C=O) groups is 2. The van der Waals surface area contributed by atoms with E-state index in [1.165, 1.54) is 14.0 Å². The Bertz CT molecular complexity index is 1260. The highest BCUT2D eigenvalue weighted by atomic mass is 32.1. The lowest BCUT2D eigenvalue weighted by molar-refractivity contribution is -0.114. The van der Waals surface area contributed by atoms with Crippen LogP contribution in [0.5, 0.6) is 0 Å². The van der Waals surface area contributed by atoms with Crippen molar-refractivity contribution in [3.8, 4) is 10.8 Å². The molecule has 4 heterocycles. The normalized spacial score (nSPS) is 11.2. The number of oxazole rings is 1. The number of aromatic nitrogens is 2. The minimum Gasteiger partial charge on any atom is -0.464 e. The molecule has 4 rings (SSSR count). The van der Waals surface area contributed by atoms with Crippen LogP contribution >= 0.6 is 22.7 Å². The molecule has 0 saturated heterocycles. The minimum atomic E-state index is -0.515. The SMILES string of the molecule is COC(=O)c1c(NC(C)=O)c2c(C)c(C)sc2n1Cc1nc(-c2cccs2)oc1C. The number of carbonyl (C=O) groups excluding carboxylic acids is 2. The lowest BCUT2D eigenvalue weighted by atomic mass is 10.2. The number of nitrogens with zero attached hydrogens (tertiary/aromatic N) is 2. The number of anilines is 1. The van der Waals surface area contributed by atoms with Crippen LogP contribution in [0.1, 0.15) is 39.3 Å². The second-order valence-electron chi connectivity index (χ2n) is 6.95. The molecule has 0 aliphatic rings. The second-order valence-corrected chi connectivity index (χ2v) is 9.10. The van der Waals surface area contributed by atoms with Gasteiger partial charge in [0.15, 0.2) is 5.69 Å². The first-order chi connectivity index (χ1) is 14.3. The molecule has 1 N–H and O–H groups in total. The van der Waals surface area contributed by atoms with Gasteiger partial charge >= 0.3 is 5.97 Å². The van der Waals surface area contributed by atoms with Gasteiger partial charge < -0.3 is 19.0 Å². The van der Waals surface area contributed by atoms with Gasteiger partial charge in [0.1, 0.15) is 16.3 Å². The number of nitrogens with one attached hydrogen (secondary N) is 1. The van der Waals surface area contributed by atoms with E-state index >= 15 is 0 Å². The Labute approximate surface area is 181 Å². The van der Waals surface area contributed by atoms with E-state index < -0.39 is 5.97 Å². The molecule has 0 aliphatic heterocycles. The maximum atomic E-state index is 12.7. The van der Waals surface area contributed by atoms with E-state index in [1.54, 1.807) is 22.7 Å². The van der Waals surface area contributed by atoms with Gasteiger partial charge in [0.25, 0.3) is 0 Å². The number of hydrogen-bond acceptors (Lipinski definition) is 7. The fourth-order valence-corrected chi connectivity index (χ4v) is 5.25. The number of hydrogen-bond donors (Lipinski definition) is 1. The molecule has 4 aromatic heterocycles. The van der Waals surface area contributed by atoms with Crippen molar-refractivity contribution < 1.29 is 18.7 Å². The molecule has 9 heteroatoms. The van der Waals surface area contributed by atoms with Gasteiger partial charge in [-0.15, -0.1) is 22.7 Å².